The summed E-state index contributed by atoms with van der Waals surface area (Å²) in [6.45, 7) is 7.74. The molecule has 1 saturated heterocycles. The molecule has 24 heavy (non-hydrogen) atoms. The number of rotatable bonds is 6. The molecule has 1 aromatic rings. The van der Waals surface area contributed by atoms with Crippen LogP contribution in [0.25, 0.3) is 0 Å². The molecule has 8 heteroatoms. The summed E-state index contributed by atoms with van der Waals surface area (Å²) in [5, 5.41) is 5.99. The van der Waals surface area contributed by atoms with Gasteiger partial charge in [-0.25, -0.2) is 8.42 Å². The molecule has 1 aliphatic rings. The molecule has 136 valence electrons. The lowest BCUT2D eigenvalue weighted by Gasteiger charge is -2.20. The molecule has 6 nitrogen and oxygen atoms in total. The van der Waals surface area contributed by atoms with Gasteiger partial charge in [0.2, 0.25) is 15.9 Å². The van der Waals surface area contributed by atoms with E-state index in [1.165, 1.54) is 4.31 Å². The van der Waals surface area contributed by atoms with Gasteiger partial charge in [0, 0.05) is 25.3 Å². The summed E-state index contributed by atoms with van der Waals surface area (Å²) in [5.41, 5.74) is 1.20. The minimum Gasteiger partial charge on any atom is -0.326 e. The van der Waals surface area contributed by atoms with Gasteiger partial charge in [0.25, 0.3) is 0 Å². The summed E-state index contributed by atoms with van der Waals surface area (Å²) in [5.74, 6) is -0.121. The molecule has 1 fully saturated rings. The first-order valence-corrected chi connectivity index (χ1v) is 9.46. The fourth-order valence-electron chi connectivity index (χ4n) is 2.78. The van der Waals surface area contributed by atoms with Gasteiger partial charge in [-0.2, -0.15) is 4.31 Å². The van der Waals surface area contributed by atoms with Crippen molar-refractivity contribution in [3.8, 4) is 0 Å². The Balaban J connectivity index is 0.00000288. The van der Waals surface area contributed by atoms with Gasteiger partial charge in [0.05, 0.1) is 10.8 Å². The number of nitrogens with zero attached hydrogens (tertiary/aromatic N) is 1. The number of anilines is 1. The number of halogens is 1. The van der Waals surface area contributed by atoms with Crippen LogP contribution in [-0.4, -0.2) is 44.8 Å². The number of carbonyl (C=O) groups excluding carboxylic acids is 1. The molecule has 2 N–H and O–H groups in total. The third-order valence-electron chi connectivity index (χ3n) is 4.21. The maximum absolute atomic E-state index is 12.7. The van der Waals surface area contributed by atoms with Crippen molar-refractivity contribution < 1.29 is 13.2 Å². The minimum atomic E-state index is -3.54. The first kappa shape index (κ1) is 20.9. The van der Waals surface area contributed by atoms with Gasteiger partial charge in [-0.05, 0) is 37.6 Å². The van der Waals surface area contributed by atoms with Crippen LogP contribution in [0.1, 0.15) is 25.8 Å². The van der Waals surface area contributed by atoms with E-state index in [9.17, 15) is 13.2 Å². The third kappa shape index (κ3) is 4.47. The zero-order chi connectivity index (χ0) is 17.0. The summed E-state index contributed by atoms with van der Waals surface area (Å²) < 4.78 is 26.8. The molecular formula is C16H26ClN3O3S. The molecule has 1 unspecified atom stereocenters. The quantitative estimate of drug-likeness (QED) is 0.797. The van der Waals surface area contributed by atoms with Crippen LogP contribution < -0.4 is 10.6 Å². The molecule has 1 heterocycles. The summed E-state index contributed by atoms with van der Waals surface area (Å²) in [7, 11) is -3.54. The van der Waals surface area contributed by atoms with Gasteiger partial charge in [-0.1, -0.05) is 19.9 Å². The van der Waals surface area contributed by atoms with Crippen molar-refractivity contribution >= 4 is 34.0 Å². The van der Waals surface area contributed by atoms with Crippen LogP contribution in [-0.2, 0) is 14.8 Å². The van der Waals surface area contributed by atoms with E-state index in [1.54, 1.807) is 25.1 Å². The van der Waals surface area contributed by atoms with Gasteiger partial charge in [0.15, 0.2) is 0 Å². The highest BCUT2D eigenvalue weighted by Gasteiger charge is 2.25. The molecule has 0 bridgehead atoms. The van der Waals surface area contributed by atoms with Crippen molar-refractivity contribution in [1.29, 1.82) is 0 Å². The Morgan fingerprint density at radius 3 is 2.54 bits per heavy atom. The fourth-order valence-corrected chi connectivity index (χ4v) is 4.49. The maximum Gasteiger partial charge on any atom is 0.243 e. The van der Waals surface area contributed by atoms with Crippen molar-refractivity contribution in [2.75, 3.05) is 31.5 Å². The van der Waals surface area contributed by atoms with Gasteiger partial charge in [0.1, 0.15) is 0 Å². The average Bonchev–Trinajstić information content (AvgIpc) is 3.04. The maximum atomic E-state index is 12.7. The highest BCUT2D eigenvalue weighted by atomic mass is 35.5. The van der Waals surface area contributed by atoms with Gasteiger partial charge in [-0.3, -0.25) is 4.79 Å². The molecule has 0 aromatic heterocycles. The van der Waals surface area contributed by atoms with Crippen LogP contribution >= 0.6 is 12.4 Å². The van der Waals surface area contributed by atoms with E-state index in [0.717, 1.165) is 13.0 Å². The molecular weight excluding hydrogens is 350 g/mol. The van der Waals surface area contributed by atoms with Crippen molar-refractivity contribution in [1.82, 2.24) is 9.62 Å². The second-order valence-corrected chi connectivity index (χ2v) is 7.65. The lowest BCUT2D eigenvalue weighted by atomic mass is 10.1. The van der Waals surface area contributed by atoms with Gasteiger partial charge >= 0.3 is 0 Å². The van der Waals surface area contributed by atoms with Crippen molar-refractivity contribution in [3.63, 3.8) is 0 Å². The Bertz CT molecular complexity index is 669. The standard InChI is InChI=1S/C16H25N3O3S.ClH/c1-4-19(5-2)23(21,22)15-10-14(7-6-12(15)3)18-16(20)13-8-9-17-11-13;/h6-7,10,13,17H,4-5,8-9,11H2,1-3H3,(H,18,20);1H. The number of sulfonamides is 1. The van der Waals surface area contributed by atoms with E-state index < -0.39 is 10.0 Å². The normalized spacial score (nSPS) is 17.6. The monoisotopic (exact) mass is 375 g/mol. The number of hydrogen-bond acceptors (Lipinski definition) is 4. The summed E-state index contributed by atoms with van der Waals surface area (Å²) >= 11 is 0. The Hall–Kier alpha value is -1.15. The largest absolute Gasteiger partial charge is 0.326 e. The van der Waals surface area contributed by atoms with E-state index in [2.05, 4.69) is 10.6 Å². The SMILES string of the molecule is CCN(CC)S(=O)(=O)c1cc(NC(=O)C2CCNC2)ccc1C.Cl. The van der Waals surface area contributed by atoms with Gasteiger partial charge < -0.3 is 10.6 Å². The first-order chi connectivity index (χ1) is 10.9. The van der Waals surface area contributed by atoms with Crippen LogP contribution in [0.4, 0.5) is 5.69 Å². The molecule has 0 radical (unpaired) electrons. The lowest BCUT2D eigenvalue weighted by molar-refractivity contribution is -0.119. The molecule has 1 atom stereocenters. The Morgan fingerprint density at radius 1 is 1.33 bits per heavy atom. The Morgan fingerprint density at radius 2 is 2.00 bits per heavy atom. The molecule has 1 aromatic carbocycles. The predicted octanol–water partition coefficient (Wildman–Crippen LogP) is 2.00. The number of carbonyl (C=O) groups is 1. The van der Waals surface area contributed by atoms with Gasteiger partial charge in [-0.15, -0.1) is 12.4 Å². The van der Waals surface area contributed by atoms with Crippen LogP contribution in [0.15, 0.2) is 23.1 Å². The molecule has 0 spiro atoms. The zero-order valence-electron chi connectivity index (χ0n) is 14.3. The predicted molar refractivity (Wildman–Crippen MR) is 98.1 cm³/mol. The Kier molecular flexibility index (Phi) is 7.66. The van der Waals surface area contributed by atoms with Crippen LogP contribution in [0.5, 0.6) is 0 Å². The zero-order valence-corrected chi connectivity index (χ0v) is 16.0. The third-order valence-corrected chi connectivity index (χ3v) is 6.40. The van der Waals surface area contributed by atoms with E-state index in [1.807, 2.05) is 13.8 Å². The summed E-state index contributed by atoms with van der Waals surface area (Å²) in [6, 6.07) is 5.04. The number of amides is 1. The Labute approximate surface area is 150 Å². The number of nitrogens with one attached hydrogen (secondary N) is 2. The van der Waals surface area contributed by atoms with Crippen molar-refractivity contribution in [2.24, 2.45) is 5.92 Å². The topological polar surface area (TPSA) is 78.5 Å². The lowest BCUT2D eigenvalue weighted by Crippen LogP contribution is -2.31. The second-order valence-electron chi connectivity index (χ2n) is 5.75. The molecule has 2 rings (SSSR count). The summed E-state index contributed by atoms with van der Waals surface area (Å²) in [4.78, 5) is 12.4. The molecule has 0 saturated carbocycles. The second kappa shape index (κ2) is 8.80. The first-order valence-electron chi connectivity index (χ1n) is 8.02. The van der Waals surface area contributed by atoms with E-state index in [4.69, 9.17) is 0 Å². The number of hydrogen-bond donors (Lipinski definition) is 2. The smallest absolute Gasteiger partial charge is 0.243 e. The highest BCUT2D eigenvalue weighted by molar-refractivity contribution is 7.89. The minimum absolute atomic E-state index is 0. The number of aryl methyl sites for hydroxylation is 1. The van der Waals surface area contributed by atoms with Crippen LogP contribution in [0.2, 0.25) is 0 Å². The van der Waals surface area contributed by atoms with Crippen molar-refractivity contribution in [3.05, 3.63) is 23.8 Å². The van der Waals surface area contributed by atoms with Crippen molar-refractivity contribution in [2.45, 2.75) is 32.1 Å². The highest BCUT2D eigenvalue weighted by Crippen LogP contribution is 2.24. The van der Waals surface area contributed by atoms with Crippen LogP contribution in [0, 0.1) is 12.8 Å². The molecule has 0 aliphatic carbocycles. The van der Waals surface area contributed by atoms with E-state index in [-0.39, 0.29) is 29.1 Å². The fraction of sp³-hybridized carbons (Fsp3) is 0.562. The van der Waals surface area contributed by atoms with E-state index >= 15 is 0 Å². The van der Waals surface area contributed by atoms with E-state index in [0.29, 0.717) is 30.9 Å². The van der Waals surface area contributed by atoms with Crippen LogP contribution in [0.3, 0.4) is 0 Å². The molecule has 1 aliphatic heterocycles. The average molecular weight is 376 g/mol. The summed E-state index contributed by atoms with van der Waals surface area (Å²) in [6.07, 6.45) is 0.808. The number of benzene rings is 1. The molecule has 1 amide bonds.